The summed E-state index contributed by atoms with van der Waals surface area (Å²) in [5.74, 6) is 0. The van der Waals surface area contributed by atoms with E-state index in [1.807, 2.05) is 19.1 Å². The third-order valence-corrected chi connectivity index (χ3v) is 3.26. The number of rotatable bonds is 1. The highest BCUT2D eigenvalue weighted by molar-refractivity contribution is 7.19. The molecule has 1 aromatic heterocycles. The minimum absolute atomic E-state index is 0.650. The van der Waals surface area contributed by atoms with Crippen LogP contribution in [0, 0.1) is 18.3 Å². The number of benzene rings is 1. The van der Waals surface area contributed by atoms with Gasteiger partial charge in [0.15, 0.2) is 6.29 Å². The average Bonchev–Trinajstić information content (AvgIpc) is 2.63. The number of carbonyl (C=O) groups excluding carboxylic acids is 1. The van der Waals surface area contributed by atoms with Crippen LogP contribution in [0.2, 0.25) is 0 Å². The van der Waals surface area contributed by atoms with E-state index < -0.39 is 0 Å². The van der Waals surface area contributed by atoms with E-state index in [0.29, 0.717) is 10.4 Å². The summed E-state index contributed by atoms with van der Waals surface area (Å²) in [6, 6.07) is 7.63. The highest BCUT2D eigenvalue weighted by Gasteiger charge is 2.07. The van der Waals surface area contributed by atoms with Crippen LogP contribution in [-0.4, -0.2) is 6.29 Å². The van der Waals surface area contributed by atoms with Crippen LogP contribution in [0.25, 0.3) is 10.1 Å². The molecule has 0 spiro atoms. The smallest absolute Gasteiger partial charge is 0.151 e. The molecule has 68 valence electrons. The number of fused-ring (bicyclic) bond motifs is 1. The predicted molar refractivity (Wildman–Crippen MR) is 56.7 cm³/mol. The lowest BCUT2D eigenvalue weighted by Gasteiger charge is -1.96. The van der Waals surface area contributed by atoms with Gasteiger partial charge in [-0.2, -0.15) is 5.26 Å². The number of nitrogens with zero attached hydrogens (tertiary/aromatic N) is 1. The maximum absolute atomic E-state index is 10.8. The molecule has 0 atom stereocenters. The predicted octanol–water partition coefficient (Wildman–Crippen LogP) is 2.89. The Balaban J connectivity index is 2.89. The van der Waals surface area contributed by atoms with E-state index in [2.05, 4.69) is 6.07 Å². The van der Waals surface area contributed by atoms with Crippen molar-refractivity contribution in [3.63, 3.8) is 0 Å². The first kappa shape index (κ1) is 8.92. The molecule has 0 unspecified atom stereocenters. The maximum Gasteiger partial charge on any atom is 0.151 e. The quantitative estimate of drug-likeness (QED) is 0.665. The van der Waals surface area contributed by atoms with Crippen molar-refractivity contribution in [2.75, 3.05) is 0 Å². The van der Waals surface area contributed by atoms with Crippen molar-refractivity contribution in [3.8, 4) is 6.07 Å². The first-order valence-electron chi connectivity index (χ1n) is 4.14. The molecule has 0 aliphatic carbocycles. The van der Waals surface area contributed by atoms with Crippen LogP contribution in [0.5, 0.6) is 0 Å². The van der Waals surface area contributed by atoms with Gasteiger partial charge in [-0.1, -0.05) is 6.07 Å². The van der Waals surface area contributed by atoms with Crippen molar-refractivity contribution in [2.24, 2.45) is 0 Å². The van der Waals surface area contributed by atoms with E-state index in [9.17, 15) is 4.79 Å². The summed E-state index contributed by atoms with van der Waals surface area (Å²) < 4.78 is 0.913. The van der Waals surface area contributed by atoms with Gasteiger partial charge in [-0.05, 0) is 30.0 Å². The fourth-order valence-electron chi connectivity index (χ4n) is 1.43. The molecule has 1 heterocycles. The molecule has 0 N–H and O–H groups in total. The van der Waals surface area contributed by atoms with E-state index >= 15 is 0 Å². The van der Waals surface area contributed by atoms with Crippen LogP contribution >= 0.6 is 11.3 Å². The molecule has 2 rings (SSSR count). The molecule has 14 heavy (non-hydrogen) atoms. The van der Waals surface area contributed by atoms with Gasteiger partial charge in [0.1, 0.15) is 10.9 Å². The minimum Gasteiger partial charge on any atom is -0.298 e. The zero-order chi connectivity index (χ0) is 10.1. The van der Waals surface area contributed by atoms with Crippen LogP contribution < -0.4 is 0 Å². The van der Waals surface area contributed by atoms with Crippen molar-refractivity contribution in [2.45, 2.75) is 6.92 Å². The van der Waals surface area contributed by atoms with Gasteiger partial charge in [0.25, 0.3) is 0 Å². The van der Waals surface area contributed by atoms with Crippen molar-refractivity contribution < 1.29 is 4.79 Å². The third-order valence-electron chi connectivity index (χ3n) is 2.17. The lowest BCUT2D eigenvalue weighted by Crippen LogP contribution is -1.80. The summed E-state index contributed by atoms with van der Waals surface area (Å²) in [5, 5.41) is 9.78. The van der Waals surface area contributed by atoms with Crippen LogP contribution in [0.15, 0.2) is 18.2 Å². The first-order valence-corrected chi connectivity index (χ1v) is 4.96. The summed E-state index contributed by atoms with van der Waals surface area (Å²) in [6.45, 7) is 1.98. The number of hydrogen-bond acceptors (Lipinski definition) is 3. The van der Waals surface area contributed by atoms with Crippen LogP contribution in [0.4, 0.5) is 0 Å². The van der Waals surface area contributed by atoms with Gasteiger partial charge < -0.3 is 0 Å². The Hall–Kier alpha value is -1.66. The van der Waals surface area contributed by atoms with Crippen LogP contribution in [0.3, 0.4) is 0 Å². The largest absolute Gasteiger partial charge is 0.298 e. The van der Waals surface area contributed by atoms with E-state index in [0.717, 1.165) is 21.9 Å². The van der Waals surface area contributed by atoms with Gasteiger partial charge in [-0.25, -0.2) is 0 Å². The number of carbonyl (C=O) groups is 1. The monoisotopic (exact) mass is 201 g/mol. The van der Waals surface area contributed by atoms with Crippen LogP contribution in [0.1, 0.15) is 20.8 Å². The molecule has 1 aromatic carbocycles. The van der Waals surface area contributed by atoms with Crippen molar-refractivity contribution in [1.29, 1.82) is 5.26 Å². The summed E-state index contributed by atoms with van der Waals surface area (Å²) in [4.78, 5) is 11.4. The van der Waals surface area contributed by atoms with Gasteiger partial charge in [0.05, 0.1) is 0 Å². The summed E-state index contributed by atoms with van der Waals surface area (Å²) in [5.41, 5.74) is 1.76. The minimum atomic E-state index is 0.650. The molecule has 2 aromatic rings. The van der Waals surface area contributed by atoms with Gasteiger partial charge >= 0.3 is 0 Å². The Labute approximate surface area is 85.4 Å². The van der Waals surface area contributed by atoms with Gasteiger partial charge in [-0.15, -0.1) is 11.3 Å². The molecule has 0 aliphatic rings. The lowest BCUT2D eigenvalue weighted by atomic mass is 10.1. The zero-order valence-corrected chi connectivity index (χ0v) is 8.39. The second kappa shape index (κ2) is 3.24. The van der Waals surface area contributed by atoms with Gasteiger partial charge in [0, 0.05) is 10.3 Å². The highest BCUT2D eigenvalue weighted by Crippen LogP contribution is 2.30. The highest BCUT2D eigenvalue weighted by atomic mass is 32.1. The van der Waals surface area contributed by atoms with Crippen LogP contribution in [-0.2, 0) is 0 Å². The number of thiophene rings is 1. The Morgan fingerprint density at radius 3 is 2.93 bits per heavy atom. The molecule has 2 nitrogen and oxygen atoms in total. The fourth-order valence-corrected chi connectivity index (χ4v) is 2.43. The van der Waals surface area contributed by atoms with E-state index in [1.165, 1.54) is 11.3 Å². The second-order valence-corrected chi connectivity index (χ2v) is 4.11. The van der Waals surface area contributed by atoms with E-state index in [1.54, 1.807) is 6.07 Å². The van der Waals surface area contributed by atoms with E-state index in [-0.39, 0.29) is 0 Å². The lowest BCUT2D eigenvalue weighted by molar-refractivity contribution is 0.112. The van der Waals surface area contributed by atoms with Gasteiger partial charge in [-0.3, -0.25) is 4.79 Å². The molecule has 0 bridgehead atoms. The Kier molecular flexibility index (Phi) is 2.06. The second-order valence-electron chi connectivity index (χ2n) is 3.05. The van der Waals surface area contributed by atoms with Crippen molar-refractivity contribution >= 4 is 27.7 Å². The Morgan fingerprint density at radius 2 is 2.29 bits per heavy atom. The molecule has 0 saturated carbocycles. The topological polar surface area (TPSA) is 40.9 Å². The first-order chi connectivity index (χ1) is 6.76. The number of aryl methyl sites for hydroxylation is 1. The zero-order valence-electron chi connectivity index (χ0n) is 7.57. The molecule has 0 aliphatic heterocycles. The van der Waals surface area contributed by atoms with E-state index in [4.69, 9.17) is 5.26 Å². The Morgan fingerprint density at radius 1 is 1.50 bits per heavy atom. The maximum atomic E-state index is 10.8. The molecule has 0 radical (unpaired) electrons. The van der Waals surface area contributed by atoms with Crippen molar-refractivity contribution in [3.05, 3.63) is 34.2 Å². The normalized spacial score (nSPS) is 10.0. The number of hydrogen-bond donors (Lipinski definition) is 0. The molecule has 0 fully saturated rings. The summed E-state index contributed by atoms with van der Waals surface area (Å²) in [7, 11) is 0. The number of aldehydes is 1. The molecule has 0 amide bonds. The molecule has 0 saturated heterocycles. The molecule has 3 heteroatoms. The average molecular weight is 201 g/mol. The molecular formula is C11H7NOS. The Bertz CT molecular complexity index is 548. The fraction of sp³-hybridized carbons (Fsp3) is 0.0909. The summed E-state index contributed by atoms with van der Waals surface area (Å²) >= 11 is 1.37. The summed E-state index contributed by atoms with van der Waals surface area (Å²) in [6.07, 6.45) is 0.833. The standard InChI is InChI=1S/C11H7NOS/c1-7-2-3-8(6-13)11-10(7)4-9(5-12)14-11/h2-4,6H,1H3. The molecular weight excluding hydrogens is 194 g/mol. The van der Waals surface area contributed by atoms with Crippen molar-refractivity contribution in [1.82, 2.24) is 0 Å². The number of nitriles is 1. The third kappa shape index (κ3) is 1.21. The van der Waals surface area contributed by atoms with Gasteiger partial charge in [0.2, 0.25) is 0 Å². The SMILES string of the molecule is Cc1ccc(C=O)c2sc(C#N)cc12.